The lowest BCUT2D eigenvalue weighted by Crippen LogP contribution is -2.30. The van der Waals surface area contributed by atoms with E-state index in [0.29, 0.717) is 5.02 Å². The lowest BCUT2D eigenvalue weighted by molar-refractivity contribution is 0.541. The summed E-state index contributed by atoms with van der Waals surface area (Å²) in [6, 6.07) is 5.73. The van der Waals surface area contributed by atoms with Gasteiger partial charge in [0.25, 0.3) is 0 Å². The maximum atomic E-state index is 6.13. The molecule has 0 fully saturated rings. The minimum atomic E-state index is 0.686. The van der Waals surface area contributed by atoms with Crippen molar-refractivity contribution in [2.75, 3.05) is 18.4 Å². The Bertz CT molecular complexity index is 718. The van der Waals surface area contributed by atoms with Gasteiger partial charge in [0.2, 0.25) is 0 Å². The number of nitrogens with zero attached hydrogens (tertiary/aromatic N) is 2. The highest BCUT2D eigenvalue weighted by molar-refractivity contribution is 6.31. The zero-order valence-corrected chi connectivity index (χ0v) is 13.3. The Morgan fingerprint density at radius 1 is 1.32 bits per heavy atom. The lowest BCUT2D eigenvalue weighted by Gasteiger charge is -2.21. The van der Waals surface area contributed by atoms with Gasteiger partial charge in [-0.15, -0.1) is 0 Å². The number of rotatable bonds is 2. The molecule has 0 saturated heterocycles. The molecule has 0 amide bonds. The Hall–Kier alpha value is -2.26. The first-order valence-electron chi connectivity index (χ1n) is 7.24. The standard InChI is InChI=1S/C18H18ClN3/c1-3-4-7-15-13(2)20-16-9-8-14(19)12-17(16)21-18(15)22-10-5-6-11-22/h3-9,12,20H,1,10-11H2,2H3/b7-4-. The van der Waals surface area contributed by atoms with Crippen molar-refractivity contribution in [3.8, 4) is 0 Å². The van der Waals surface area contributed by atoms with Crippen LogP contribution < -0.4 is 5.32 Å². The van der Waals surface area contributed by atoms with Crippen molar-refractivity contribution in [3.05, 3.63) is 71.5 Å². The number of anilines is 1. The van der Waals surface area contributed by atoms with Crippen molar-refractivity contribution >= 4 is 28.8 Å². The summed E-state index contributed by atoms with van der Waals surface area (Å²) in [5, 5.41) is 4.12. The highest BCUT2D eigenvalue weighted by Crippen LogP contribution is 2.34. The van der Waals surface area contributed by atoms with E-state index in [1.807, 2.05) is 30.4 Å². The van der Waals surface area contributed by atoms with Crippen LogP contribution in [0.5, 0.6) is 0 Å². The van der Waals surface area contributed by atoms with Crippen LogP contribution in [0, 0.1) is 0 Å². The summed E-state index contributed by atoms with van der Waals surface area (Å²) in [6.07, 6.45) is 10.1. The topological polar surface area (TPSA) is 27.6 Å². The minimum absolute atomic E-state index is 0.686. The SMILES string of the molecule is C=C/C=C\C1=C(C)Nc2ccc(Cl)cc2N=C1N1CC=CC1. The van der Waals surface area contributed by atoms with Crippen molar-refractivity contribution in [2.24, 2.45) is 4.99 Å². The Morgan fingerprint density at radius 2 is 2.09 bits per heavy atom. The van der Waals surface area contributed by atoms with E-state index >= 15 is 0 Å². The van der Waals surface area contributed by atoms with Crippen molar-refractivity contribution in [1.82, 2.24) is 4.90 Å². The molecule has 0 bridgehead atoms. The molecule has 3 nitrogen and oxygen atoms in total. The van der Waals surface area contributed by atoms with Crippen LogP contribution >= 0.6 is 11.6 Å². The van der Waals surface area contributed by atoms with Crippen LogP contribution in [-0.2, 0) is 0 Å². The van der Waals surface area contributed by atoms with Crippen molar-refractivity contribution in [1.29, 1.82) is 0 Å². The maximum absolute atomic E-state index is 6.13. The maximum Gasteiger partial charge on any atom is 0.138 e. The molecule has 4 heteroatoms. The van der Waals surface area contributed by atoms with E-state index in [2.05, 4.69) is 35.9 Å². The molecule has 1 aromatic rings. The van der Waals surface area contributed by atoms with Gasteiger partial charge in [-0.1, -0.05) is 42.5 Å². The molecule has 1 N–H and O–H groups in total. The Balaban J connectivity index is 2.13. The van der Waals surface area contributed by atoms with E-state index in [-0.39, 0.29) is 0 Å². The summed E-state index contributed by atoms with van der Waals surface area (Å²) in [5.41, 5.74) is 3.95. The number of allylic oxidation sites excluding steroid dienone is 3. The molecule has 0 atom stereocenters. The zero-order valence-electron chi connectivity index (χ0n) is 12.5. The summed E-state index contributed by atoms with van der Waals surface area (Å²) in [5.74, 6) is 0.953. The highest BCUT2D eigenvalue weighted by Gasteiger charge is 2.21. The third-order valence-electron chi connectivity index (χ3n) is 3.67. The van der Waals surface area contributed by atoms with E-state index in [1.165, 1.54) is 0 Å². The number of hydrogen-bond acceptors (Lipinski definition) is 3. The normalized spacial score (nSPS) is 17.4. The fourth-order valence-corrected chi connectivity index (χ4v) is 2.74. The van der Waals surface area contributed by atoms with Crippen LogP contribution in [0.2, 0.25) is 5.02 Å². The molecule has 0 aromatic heterocycles. The summed E-state index contributed by atoms with van der Waals surface area (Å²) in [6.45, 7) is 7.55. The van der Waals surface area contributed by atoms with Gasteiger partial charge in [0.1, 0.15) is 5.84 Å². The van der Waals surface area contributed by atoms with Crippen molar-refractivity contribution < 1.29 is 0 Å². The smallest absolute Gasteiger partial charge is 0.138 e. The second kappa shape index (κ2) is 6.24. The predicted molar refractivity (Wildman–Crippen MR) is 94.9 cm³/mol. The van der Waals surface area contributed by atoms with Gasteiger partial charge in [-0.25, -0.2) is 4.99 Å². The Kier molecular flexibility index (Phi) is 4.16. The fourth-order valence-electron chi connectivity index (χ4n) is 2.57. The first kappa shape index (κ1) is 14.7. The number of halogens is 1. The third kappa shape index (κ3) is 2.85. The molecule has 0 aliphatic carbocycles. The zero-order chi connectivity index (χ0) is 15.5. The second-order valence-corrected chi connectivity index (χ2v) is 5.67. The summed E-state index contributed by atoms with van der Waals surface area (Å²) < 4.78 is 0. The molecule has 2 aliphatic rings. The van der Waals surface area contributed by atoms with Gasteiger partial charge in [0.15, 0.2) is 0 Å². The molecule has 0 saturated carbocycles. The van der Waals surface area contributed by atoms with E-state index < -0.39 is 0 Å². The molecule has 1 aromatic carbocycles. The third-order valence-corrected chi connectivity index (χ3v) is 3.91. The highest BCUT2D eigenvalue weighted by atomic mass is 35.5. The molecule has 22 heavy (non-hydrogen) atoms. The van der Waals surface area contributed by atoms with Crippen LogP contribution in [0.25, 0.3) is 0 Å². The van der Waals surface area contributed by atoms with Gasteiger partial charge in [0.05, 0.1) is 11.4 Å². The molecule has 2 heterocycles. The molecule has 0 unspecified atom stereocenters. The van der Waals surface area contributed by atoms with Crippen LogP contribution in [0.4, 0.5) is 11.4 Å². The molecule has 3 rings (SSSR count). The van der Waals surface area contributed by atoms with Crippen LogP contribution in [0.15, 0.2) is 71.4 Å². The van der Waals surface area contributed by atoms with E-state index in [9.17, 15) is 0 Å². The lowest BCUT2D eigenvalue weighted by atomic mass is 10.1. The average molecular weight is 312 g/mol. The van der Waals surface area contributed by atoms with Gasteiger partial charge in [-0.2, -0.15) is 0 Å². The molecule has 2 aliphatic heterocycles. The number of nitrogens with one attached hydrogen (secondary N) is 1. The first-order chi connectivity index (χ1) is 10.7. The number of amidine groups is 1. The summed E-state index contributed by atoms with van der Waals surface area (Å²) >= 11 is 6.13. The number of fused-ring (bicyclic) bond motifs is 1. The van der Waals surface area contributed by atoms with E-state index in [4.69, 9.17) is 16.6 Å². The Labute approximate surface area is 136 Å². The number of hydrogen-bond donors (Lipinski definition) is 1. The van der Waals surface area contributed by atoms with Crippen LogP contribution in [0.3, 0.4) is 0 Å². The first-order valence-corrected chi connectivity index (χ1v) is 7.62. The fraction of sp³-hybridized carbons (Fsp3) is 0.167. The van der Waals surface area contributed by atoms with Gasteiger partial charge >= 0.3 is 0 Å². The average Bonchev–Trinajstić information content (AvgIpc) is 2.98. The molecule has 0 spiro atoms. The Morgan fingerprint density at radius 3 is 2.82 bits per heavy atom. The van der Waals surface area contributed by atoms with E-state index in [0.717, 1.165) is 41.6 Å². The molecule has 112 valence electrons. The van der Waals surface area contributed by atoms with Gasteiger partial charge in [-0.05, 0) is 31.2 Å². The summed E-state index contributed by atoms with van der Waals surface area (Å²) in [7, 11) is 0. The molecular formula is C18H18ClN3. The van der Waals surface area contributed by atoms with Crippen molar-refractivity contribution in [3.63, 3.8) is 0 Å². The van der Waals surface area contributed by atoms with Gasteiger partial charge < -0.3 is 10.2 Å². The minimum Gasteiger partial charge on any atom is -0.357 e. The van der Waals surface area contributed by atoms with Crippen LogP contribution in [0.1, 0.15) is 6.92 Å². The summed E-state index contributed by atoms with van der Waals surface area (Å²) in [4.78, 5) is 7.12. The second-order valence-electron chi connectivity index (χ2n) is 5.23. The van der Waals surface area contributed by atoms with Crippen LogP contribution in [-0.4, -0.2) is 23.8 Å². The van der Waals surface area contributed by atoms with E-state index in [1.54, 1.807) is 6.08 Å². The molecular weight excluding hydrogens is 294 g/mol. The predicted octanol–water partition coefficient (Wildman–Crippen LogP) is 4.68. The molecule has 0 radical (unpaired) electrons. The largest absolute Gasteiger partial charge is 0.357 e. The van der Waals surface area contributed by atoms with Crippen molar-refractivity contribution in [2.45, 2.75) is 6.92 Å². The monoisotopic (exact) mass is 311 g/mol. The quantitative estimate of drug-likeness (QED) is 0.634. The van der Waals surface area contributed by atoms with Gasteiger partial charge in [0, 0.05) is 29.4 Å². The number of aliphatic imine (C=N–C) groups is 1. The number of benzene rings is 1. The van der Waals surface area contributed by atoms with Gasteiger partial charge in [-0.3, -0.25) is 0 Å².